The molecule has 0 radical (unpaired) electrons. The first-order valence-corrected chi connectivity index (χ1v) is 12.7. The lowest BCUT2D eigenvalue weighted by atomic mass is 9.67. The Morgan fingerprint density at radius 1 is 0.649 bits per heavy atom. The van der Waals surface area contributed by atoms with Crippen molar-refractivity contribution in [2.75, 3.05) is 14.2 Å². The maximum Gasteiger partial charge on any atom is 0.337 e. The SMILES string of the molecule is COC(=O)c1ccc2c(c1)C(c1ccc(O)c(Br)c1)(c1ccc(O)c(Br)c1)c1cc(C(=O)OC)ccc1-2. The molecule has 4 aromatic rings. The first-order chi connectivity index (χ1) is 17.7. The zero-order chi connectivity index (χ0) is 26.5. The van der Waals surface area contributed by atoms with Crippen LogP contribution < -0.4 is 0 Å². The number of methoxy groups -OCH3 is 2. The average molecular weight is 624 g/mol. The van der Waals surface area contributed by atoms with Gasteiger partial charge in [0.2, 0.25) is 0 Å². The number of phenolic OH excluding ortho intramolecular Hbond substituents is 2. The molecule has 37 heavy (non-hydrogen) atoms. The smallest absolute Gasteiger partial charge is 0.337 e. The molecular formula is C29H20Br2O6. The Labute approximate surface area is 229 Å². The Kier molecular flexibility index (Phi) is 6.33. The van der Waals surface area contributed by atoms with E-state index in [1.807, 2.05) is 24.3 Å². The highest BCUT2D eigenvalue weighted by Gasteiger charge is 2.47. The summed E-state index contributed by atoms with van der Waals surface area (Å²) in [6.45, 7) is 0. The van der Waals surface area contributed by atoms with Crippen LogP contribution in [-0.4, -0.2) is 36.4 Å². The van der Waals surface area contributed by atoms with Crippen molar-refractivity contribution in [1.29, 1.82) is 0 Å². The maximum absolute atomic E-state index is 12.6. The van der Waals surface area contributed by atoms with E-state index >= 15 is 0 Å². The lowest BCUT2D eigenvalue weighted by Crippen LogP contribution is -2.29. The molecule has 4 aromatic carbocycles. The second-order valence-electron chi connectivity index (χ2n) is 8.59. The molecule has 5 rings (SSSR count). The van der Waals surface area contributed by atoms with Gasteiger partial charge < -0.3 is 19.7 Å². The molecule has 0 fully saturated rings. The minimum Gasteiger partial charge on any atom is -0.507 e. The van der Waals surface area contributed by atoms with Gasteiger partial charge in [0.1, 0.15) is 11.5 Å². The van der Waals surface area contributed by atoms with Crippen LogP contribution in [0.15, 0.2) is 81.7 Å². The molecule has 0 saturated heterocycles. The summed E-state index contributed by atoms with van der Waals surface area (Å²) >= 11 is 6.89. The third kappa shape index (κ3) is 3.83. The number of hydrogen-bond donors (Lipinski definition) is 2. The van der Waals surface area contributed by atoms with E-state index in [-0.39, 0.29) is 11.5 Å². The summed E-state index contributed by atoms with van der Waals surface area (Å²) in [7, 11) is 2.66. The molecule has 8 heteroatoms. The van der Waals surface area contributed by atoms with Gasteiger partial charge in [0.25, 0.3) is 0 Å². The highest BCUT2D eigenvalue weighted by molar-refractivity contribution is 9.10. The van der Waals surface area contributed by atoms with Gasteiger partial charge in [-0.25, -0.2) is 9.59 Å². The largest absolute Gasteiger partial charge is 0.507 e. The summed E-state index contributed by atoms with van der Waals surface area (Å²) in [5.41, 5.74) is 4.51. The molecule has 0 unspecified atom stereocenters. The van der Waals surface area contributed by atoms with Crippen LogP contribution in [0.4, 0.5) is 0 Å². The van der Waals surface area contributed by atoms with E-state index in [0.29, 0.717) is 20.1 Å². The fourth-order valence-electron chi connectivity index (χ4n) is 5.08. The van der Waals surface area contributed by atoms with E-state index in [0.717, 1.165) is 33.4 Å². The van der Waals surface area contributed by atoms with E-state index in [1.165, 1.54) is 14.2 Å². The Balaban J connectivity index is 1.98. The van der Waals surface area contributed by atoms with E-state index in [9.17, 15) is 19.8 Å². The molecule has 186 valence electrons. The van der Waals surface area contributed by atoms with E-state index in [1.54, 1.807) is 48.5 Å². The molecule has 0 aromatic heterocycles. The summed E-state index contributed by atoms with van der Waals surface area (Å²) in [5, 5.41) is 20.6. The Hall–Kier alpha value is -3.62. The number of fused-ring (bicyclic) bond motifs is 3. The number of benzene rings is 4. The van der Waals surface area contributed by atoms with Gasteiger partial charge in [-0.2, -0.15) is 0 Å². The number of rotatable bonds is 4. The maximum atomic E-state index is 12.6. The van der Waals surface area contributed by atoms with Crippen molar-refractivity contribution < 1.29 is 29.3 Å². The lowest BCUT2D eigenvalue weighted by molar-refractivity contribution is 0.0592. The molecule has 0 spiro atoms. The molecule has 6 nitrogen and oxygen atoms in total. The van der Waals surface area contributed by atoms with Crippen LogP contribution in [0.25, 0.3) is 11.1 Å². The Morgan fingerprint density at radius 3 is 1.41 bits per heavy atom. The molecule has 0 amide bonds. The summed E-state index contributed by atoms with van der Waals surface area (Å²) in [6, 6.07) is 21.1. The fourth-order valence-corrected chi connectivity index (χ4v) is 5.84. The summed E-state index contributed by atoms with van der Waals surface area (Å²) in [6.07, 6.45) is 0. The van der Waals surface area contributed by atoms with Gasteiger partial charge in [-0.05, 0) is 114 Å². The molecule has 0 saturated carbocycles. The summed E-state index contributed by atoms with van der Waals surface area (Å²) < 4.78 is 11.0. The zero-order valence-electron chi connectivity index (χ0n) is 19.7. The van der Waals surface area contributed by atoms with E-state index in [2.05, 4.69) is 31.9 Å². The molecule has 2 N–H and O–H groups in total. The number of hydrogen-bond acceptors (Lipinski definition) is 6. The Morgan fingerprint density at radius 2 is 1.05 bits per heavy atom. The van der Waals surface area contributed by atoms with Crippen LogP contribution >= 0.6 is 31.9 Å². The zero-order valence-corrected chi connectivity index (χ0v) is 22.9. The van der Waals surface area contributed by atoms with E-state index in [4.69, 9.17) is 9.47 Å². The fraction of sp³-hybridized carbons (Fsp3) is 0.103. The van der Waals surface area contributed by atoms with Crippen LogP contribution in [0.2, 0.25) is 0 Å². The van der Waals surface area contributed by atoms with Gasteiger partial charge >= 0.3 is 11.9 Å². The van der Waals surface area contributed by atoms with Crippen molar-refractivity contribution in [3.05, 3.63) is 115 Å². The number of esters is 2. The number of carbonyl (C=O) groups excluding carboxylic acids is 2. The van der Waals surface area contributed by atoms with Crippen LogP contribution in [-0.2, 0) is 14.9 Å². The van der Waals surface area contributed by atoms with Crippen molar-refractivity contribution in [1.82, 2.24) is 0 Å². The monoisotopic (exact) mass is 622 g/mol. The molecule has 0 heterocycles. The van der Waals surface area contributed by atoms with Crippen LogP contribution in [0.1, 0.15) is 43.0 Å². The van der Waals surface area contributed by atoms with Gasteiger partial charge in [0.05, 0.1) is 39.7 Å². The average Bonchev–Trinajstić information content (AvgIpc) is 3.20. The lowest BCUT2D eigenvalue weighted by Gasteiger charge is -2.34. The number of ether oxygens (including phenoxy) is 2. The van der Waals surface area contributed by atoms with Crippen molar-refractivity contribution >= 4 is 43.8 Å². The quantitative estimate of drug-likeness (QED) is 0.220. The third-order valence-electron chi connectivity index (χ3n) is 6.74. The molecule has 0 bridgehead atoms. The van der Waals surface area contributed by atoms with Gasteiger partial charge in [-0.1, -0.05) is 24.3 Å². The molecule has 0 atom stereocenters. The van der Waals surface area contributed by atoms with Crippen molar-refractivity contribution in [3.8, 4) is 22.6 Å². The van der Waals surface area contributed by atoms with Gasteiger partial charge in [-0.15, -0.1) is 0 Å². The molecular weight excluding hydrogens is 604 g/mol. The number of aromatic hydroxyl groups is 2. The van der Waals surface area contributed by atoms with Crippen LogP contribution in [0.5, 0.6) is 11.5 Å². The topological polar surface area (TPSA) is 93.1 Å². The normalized spacial score (nSPS) is 13.0. The Bertz CT molecular complexity index is 1470. The minimum atomic E-state index is -1.04. The minimum absolute atomic E-state index is 0.0656. The number of phenols is 2. The second-order valence-corrected chi connectivity index (χ2v) is 10.3. The standard InChI is InChI=1S/C29H20Br2O6/c1-36-27(34)15-3-7-19-20-8-4-16(28(35)37-2)12-22(20)29(21(19)11-15,17-5-9-25(32)23(30)13-17)18-6-10-26(33)24(31)14-18/h3-14,32-33H,1-2H3. The highest BCUT2D eigenvalue weighted by atomic mass is 79.9. The van der Waals surface area contributed by atoms with Gasteiger partial charge in [-0.3, -0.25) is 0 Å². The van der Waals surface area contributed by atoms with Crippen LogP contribution in [0, 0.1) is 0 Å². The van der Waals surface area contributed by atoms with Crippen molar-refractivity contribution in [2.24, 2.45) is 0 Å². The van der Waals surface area contributed by atoms with Crippen molar-refractivity contribution in [2.45, 2.75) is 5.41 Å². The highest BCUT2D eigenvalue weighted by Crippen LogP contribution is 2.57. The first-order valence-electron chi connectivity index (χ1n) is 11.2. The number of carbonyl (C=O) groups is 2. The molecule has 0 aliphatic heterocycles. The predicted molar refractivity (Wildman–Crippen MR) is 145 cm³/mol. The van der Waals surface area contributed by atoms with Crippen LogP contribution in [0.3, 0.4) is 0 Å². The number of halogens is 2. The predicted octanol–water partition coefficient (Wildman–Crippen LogP) is 6.56. The summed E-state index contributed by atoms with van der Waals surface area (Å²) in [4.78, 5) is 25.2. The molecule has 1 aliphatic carbocycles. The first kappa shape index (κ1) is 25.0. The van der Waals surface area contributed by atoms with Gasteiger partial charge in [0, 0.05) is 0 Å². The third-order valence-corrected chi connectivity index (χ3v) is 8.01. The van der Waals surface area contributed by atoms with Gasteiger partial charge in [0.15, 0.2) is 0 Å². The summed E-state index contributed by atoms with van der Waals surface area (Å²) in [5.74, 6) is -0.838. The van der Waals surface area contributed by atoms with Crippen molar-refractivity contribution in [3.63, 3.8) is 0 Å². The van der Waals surface area contributed by atoms with E-state index < -0.39 is 17.4 Å². The molecule has 1 aliphatic rings. The second kappa shape index (κ2) is 9.36.